The highest BCUT2D eigenvalue weighted by molar-refractivity contribution is 9.10. The normalized spacial score (nSPS) is 10.1. The minimum absolute atomic E-state index is 0.935. The van der Waals surface area contributed by atoms with Gasteiger partial charge < -0.3 is 4.90 Å². The summed E-state index contributed by atoms with van der Waals surface area (Å²) in [5, 5.41) is 3.11. The molecule has 4 heteroatoms. The third kappa shape index (κ3) is 2.17. The fraction of sp³-hybridized carbons (Fsp3) is 0.571. The van der Waals surface area contributed by atoms with E-state index < -0.39 is 0 Å². The van der Waals surface area contributed by atoms with E-state index >= 15 is 0 Å². The summed E-state index contributed by atoms with van der Waals surface area (Å²) in [7, 11) is 0. The minimum Gasteiger partial charge on any atom is -0.349 e. The van der Waals surface area contributed by atoms with Crippen LogP contribution >= 0.6 is 27.3 Å². The molecular formula is C7H11BrN2S. The summed E-state index contributed by atoms with van der Waals surface area (Å²) >= 11 is 5.01. The molecule has 0 aliphatic rings. The maximum Gasteiger partial charge on any atom is 0.186 e. The van der Waals surface area contributed by atoms with E-state index in [1.807, 2.05) is 5.38 Å². The SMILES string of the molecule is CCN(CC)c1nc(Br)cs1. The lowest BCUT2D eigenvalue weighted by molar-refractivity contribution is 0.858. The van der Waals surface area contributed by atoms with Gasteiger partial charge in [0.2, 0.25) is 0 Å². The van der Waals surface area contributed by atoms with Gasteiger partial charge in [-0.15, -0.1) is 11.3 Å². The van der Waals surface area contributed by atoms with Gasteiger partial charge in [0.1, 0.15) is 4.60 Å². The van der Waals surface area contributed by atoms with E-state index in [1.165, 1.54) is 0 Å². The Morgan fingerprint density at radius 2 is 2.18 bits per heavy atom. The Hall–Kier alpha value is -0.0900. The molecule has 1 heterocycles. The van der Waals surface area contributed by atoms with Crippen LogP contribution in [0.15, 0.2) is 9.98 Å². The van der Waals surface area contributed by atoms with E-state index in [0.29, 0.717) is 0 Å². The molecule has 0 bridgehead atoms. The molecule has 0 aliphatic carbocycles. The molecule has 0 saturated carbocycles. The van der Waals surface area contributed by atoms with Gasteiger partial charge in [-0.2, -0.15) is 0 Å². The van der Waals surface area contributed by atoms with Crippen molar-refractivity contribution in [2.24, 2.45) is 0 Å². The van der Waals surface area contributed by atoms with E-state index in [0.717, 1.165) is 22.8 Å². The molecule has 0 aliphatic heterocycles. The molecule has 1 aromatic rings. The average molecular weight is 235 g/mol. The Kier molecular flexibility index (Phi) is 3.33. The maximum atomic E-state index is 4.31. The topological polar surface area (TPSA) is 16.1 Å². The number of hydrogen-bond donors (Lipinski definition) is 0. The van der Waals surface area contributed by atoms with Gasteiger partial charge in [0.25, 0.3) is 0 Å². The van der Waals surface area contributed by atoms with Crippen molar-refractivity contribution in [2.45, 2.75) is 13.8 Å². The zero-order chi connectivity index (χ0) is 8.27. The van der Waals surface area contributed by atoms with E-state index in [4.69, 9.17) is 0 Å². The summed E-state index contributed by atoms with van der Waals surface area (Å²) in [6, 6.07) is 0. The molecule has 0 radical (unpaired) electrons. The zero-order valence-electron chi connectivity index (χ0n) is 6.67. The monoisotopic (exact) mass is 234 g/mol. The zero-order valence-corrected chi connectivity index (χ0v) is 9.07. The van der Waals surface area contributed by atoms with Gasteiger partial charge in [0.15, 0.2) is 5.13 Å². The first-order chi connectivity index (χ1) is 5.27. The second-order valence-corrected chi connectivity index (χ2v) is 3.77. The number of anilines is 1. The van der Waals surface area contributed by atoms with Crippen molar-refractivity contribution in [3.8, 4) is 0 Å². The van der Waals surface area contributed by atoms with E-state index in [1.54, 1.807) is 11.3 Å². The molecule has 0 atom stereocenters. The first-order valence-electron chi connectivity index (χ1n) is 3.63. The number of thiazole rings is 1. The number of nitrogens with zero attached hydrogens (tertiary/aromatic N) is 2. The molecule has 0 fully saturated rings. The highest BCUT2D eigenvalue weighted by Gasteiger charge is 2.04. The number of rotatable bonds is 3. The van der Waals surface area contributed by atoms with Crippen molar-refractivity contribution in [3.05, 3.63) is 9.98 Å². The van der Waals surface area contributed by atoms with Gasteiger partial charge in [0, 0.05) is 18.5 Å². The van der Waals surface area contributed by atoms with Gasteiger partial charge in [0.05, 0.1) is 0 Å². The number of aromatic nitrogens is 1. The predicted molar refractivity (Wildman–Crippen MR) is 53.4 cm³/mol. The lowest BCUT2D eigenvalue weighted by Crippen LogP contribution is -2.21. The maximum absolute atomic E-state index is 4.31. The summed E-state index contributed by atoms with van der Waals surface area (Å²) in [6.07, 6.45) is 0. The molecular weight excluding hydrogens is 224 g/mol. The molecule has 0 spiro atoms. The molecule has 0 N–H and O–H groups in total. The largest absolute Gasteiger partial charge is 0.349 e. The van der Waals surface area contributed by atoms with Crippen LogP contribution in [0, 0.1) is 0 Å². The van der Waals surface area contributed by atoms with Crippen molar-refractivity contribution in [1.29, 1.82) is 0 Å². The summed E-state index contributed by atoms with van der Waals surface area (Å²) in [4.78, 5) is 6.55. The van der Waals surface area contributed by atoms with Crippen LogP contribution in [-0.4, -0.2) is 18.1 Å². The predicted octanol–water partition coefficient (Wildman–Crippen LogP) is 2.75. The third-order valence-corrected chi connectivity index (χ3v) is 3.11. The van der Waals surface area contributed by atoms with Gasteiger partial charge >= 0.3 is 0 Å². The Labute approximate surface area is 79.4 Å². The fourth-order valence-electron chi connectivity index (χ4n) is 0.885. The second-order valence-electron chi connectivity index (χ2n) is 2.13. The lowest BCUT2D eigenvalue weighted by Gasteiger charge is -2.16. The van der Waals surface area contributed by atoms with Crippen LogP contribution in [0.1, 0.15) is 13.8 Å². The molecule has 2 nitrogen and oxygen atoms in total. The number of hydrogen-bond acceptors (Lipinski definition) is 3. The first kappa shape index (κ1) is 9.00. The van der Waals surface area contributed by atoms with Crippen LogP contribution in [0.5, 0.6) is 0 Å². The van der Waals surface area contributed by atoms with Crippen LogP contribution in [0.3, 0.4) is 0 Å². The quantitative estimate of drug-likeness (QED) is 0.800. The summed E-state index contributed by atoms with van der Waals surface area (Å²) in [5.41, 5.74) is 0. The van der Waals surface area contributed by atoms with Crippen molar-refractivity contribution < 1.29 is 0 Å². The third-order valence-electron chi connectivity index (χ3n) is 1.50. The molecule has 1 rings (SSSR count). The molecule has 0 saturated heterocycles. The smallest absolute Gasteiger partial charge is 0.186 e. The minimum atomic E-state index is 0.935. The van der Waals surface area contributed by atoms with Gasteiger partial charge in [-0.05, 0) is 29.8 Å². The molecule has 62 valence electrons. The van der Waals surface area contributed by atoms with Crippen LogP contribution in [0.4, 0.5) is 5.13 Å². The van der Waals surface area contributed by atoms with Gasteiger partial charge in [-0.25, -0.2) is 4.98 Å². The van der Waals surface area contributed by atoms with E-state index in [9.17, 15) is 0 Å². The van der Waals surface area contributed by atoms with Crippen molar-refractivity contribution in [3.63, 3.8) is 0 Å². The van der Waals surface area contributed by atoms with Crippen LogP contribution in [0.2, 0.25) is 0 Å². The van der Waals surface area contributed by atoms with Gasteiger partial charge in [-0.3, -0.25) is 0 Å². The highest BCUT2D eigenvalue weighted by Crippen LogP contribution is 2.22. The van der Waals surface area contributed by atoms with Crippen molar-refractivity contribution in [1.82, 2.24) is 4.98 Å². The Balaban J connectivity index is 2.73. The van der Waals surface area contributed by atoms with E-state index in [-0.39, 0.29) is 0 Å². The van der Waals surface area contributed by atoms with Gasteiger partial charge in [-0.1, -0.05) is 0 Å². The Bertz CT molecular complexity index is 220. The summed E-state index contributed by atoms with van der Waals surface area (Å²) < 4.78 is 0.935. The fourth-order valence-corrected chi connectivity index (χ4v) is 2.26. The molecule has 0 aromatic carbocycles. The molecule has 0 amide bonds. The highest BCUT2D eigenvalue weighted by atomic mass is 79.9. The Morgan fingerprint density at radius 3 is 2.55 bits per heavy atom. The van der Waals surface area contributed by atoms with Crippen LogP contribution in [-0.2, 0) is 0 Å². The summed E-state index contributed by atoms with van der Waals surface area (Å²) in [5.74, 6) is 0. The standard InChI is InChI=1S/C7H11BrN2S/c1-3-10(4-2)7-9-6(8)5-11-7/h5H,3-4H2,1-2H3. The lowest BCUT2D eigenvalue weighted by atomic mass is 10.6. The summed E-state index contributed by atoms with van der Waals surface area (Å²) in [6.45, 7) is 6.32. The first-order valence-corrected chi connectivity index (χ1v) is 5.31. The van der Waals surface area contributed by atoms with Crippen molar-refractivity contribution in [2.75, 3.05) is 18.0 Å². The second kappa shape index (κ2) is 4.07. The molecule has 1 aromatic heterocycles. The molecule has 11 heavy (non-hydrogen) atoms. The van der Waals surface area contributed by atoms with Crippen LogP contribution < -0.4 is 4.90 Å². The van der Waals surface area contributed by atoms with Crippen molar-refractivity contribution >= 4 is 32.4 Å². The average Bonchev–Trinajstić information content (AvgIpc) is 2.39. The molecule has 0 unspecified atom stereocenters. The van der Waals surface area contributed by atoms with E-state index in [2.05, 4.69) is 39.7 Å². The number of halogens is 1. The Morgan fingerprint density at radius 1 is 1.55 bits per heavy atom. The van der Waals surface area contributed by atoms with Crippen LogP contribution in [0.25, 0.3) is 0 Å².